The fourth-order valence-corrected chi connectivity index (χ4v) is 3.77. The number of hydrogen-bond acceptors (Lipinski definition) is 4. The summed E-state index contributed by atoms with van der Waals surface area (Å²) in [7, 11) is 0. The van der Waals surface area contributed by atoms with E-state index in [0.29, 0.717) is 23.0 Å². The fourth-order valence-electron chi connectivity index (χ4n) is 3.77. The van der Waals surface area contributed by atoms with Crippen molar-refractivity contribution >= 4 is 12.1 Å². The third kappa shape index (κ3) is 2.37. The molecule has 1 heterocycles. The summed E-state index contributed by atoms with van der Waals surface area (Å²) in [4.78, 5) is 12.1. The third-order valence-corrected chi connectivity index (χ3v) is 4.86. The molecule has 3 aliphatic rings. The molecule has 0 aromatic heterocycles. The predicted molar refractivity (Wildman–Crippen MR) is 77.5 cm³/mol. The van der Waals surface area contributed by atoms with Crippen LogP contribution >= 0.6 is 0 Å². The average molecular weight is 286 g/mol. The molecular weight excluding hydrogens is 268 g/mol. The molecule has 0 radical (unpaired) electrons. The Balaban J connectivity index is 1.37. The van der Waals surface area contributed by atoms with Crippen molar-refractivity contribution in [1.29, 1.82) is 0 Å². The van der Waals surface area contributed by atoms with Crippen molar-refractivity contribution in [3.63, 3.8) is 0 Å². The second-order valence-electron chi connectivity index (χ2n) is 6.13. The van der Waals surface area contributed by atoms with E-state index in [4.69, 9.17) is 9.47 Å². The topological polar surface area (TPSA) is 59.9 Å². The van der Waals surface area contributed by atoms with Crippen LogP contribution in [-0.2, 0) is 0 Å². The maximum atomic E-state index is 12.1. The lowest BCUT2D eigenvalue weighted by atomic mass is 9.90. The van der Waals surface area contributed by atoms with Crippen LogP contribution in [0.1, 0.15) is 36.0 Å². The summed E-state index contributed by atoms with van der Waals surface area (Å²) in [6.07, 6.45) is 7.19. The largest absolute Gasteiger partial charge is 0.454 e. The Kier molecular flexibility index (Phi) is 3.05. The Morgan fingerprint density at radius 3 is 2.95 bits per heavy atom. The molecule has 4 rings (SSSR count). The van der Waals surface area contributed by atoms with Gasteiger partial charge in [-0.2, -0.15) is 5.10 Å². The molecule has 1 aromatic carbocycles. The highest BCUT2D eigenvalue weighted by Crippen LogP contribution is 2.47. The standard InChI is InChI=1S/C16H18N2O3/c19-16(12-3-4-14-15(7-12)21-9-20-14)18-17-8-13-6-10-1-2-11(13)5-10/h3-4,7-8,10-11,13H,1-2,5-6,9H2,(H,18,19)/b17-8-/t10-,11-,13-/m1/s1. The number of benzene rings is 1. The van der Waals surface area contributed by atoms with Crippen LogP contribution in [0.25, 0.3) is 0 Å². The van der Waals surface area contributed by atoms with E-state index >= 15 is 0 Å². The molecule has 1 amide bonds. The van der Waals surface area contributed by atoms with Gasteiger partial charge in [0.2, 0.25) is 6.79 Å². The van der Waals surface area contributed by atoms with Gasteiger partial charge < -0.3 is 9.47 Å². The first-order valence-corrected chi connectivity index (χ1v) is 7.53. The van der Waals surface area contributed by atoms with Gasteiger partial charge in [-0.15, -0.1) is 0 Å². The van der Waals surface area contributed by atoms with E-state index < -0.39 is 0 Å². The van der Waals surface area contributed by atoms with Gasteiger partial charge in [-0.25, -0.2) is 5.43 Å². The van der Waals surface area contributed by atoms with Gasteiger partial charge in [0, 0.05) is 11.8 Å². The number of rotatable bonds is 3. The number of hydrazone groups is 1. The van der Waals surface area contributed by atoms with Crippen LogP contribution < -0.4 is 14.9 Å². The second-order valence-corrected chi connectivity index (χ2v) is 6.13. The molecule has 0 unspecified atom stereocenters. The lowest BCUT2D eigenvalue weighted by molar-refractivity contribution is 0.0954. The van der Waals surface area contributed by atoms with Crippen molar-refractivity contribution in [2.75, 3.05) is 6.79 Å². The number of nitrogens with one attached hydrogen (secondary N) is 1. The monoisotopic (exact) mass is 286 g/mol. The van der Waals surface area contributed by atoms with Gasteiger partial charge in [0.05, 0.1) is 0 Å². The Morgan fingerprint density at radius 2 is 2.14 bits per heavy atom. The molecule has 21 heavy (non-hydrogen) atoms. The maximum absolute atomic E-state index is 12.1. The van der Waals surface area contributed by atoms with Gasteiger partial charge in [-0.05, 0) is 55.2 Å². The Morgan fingerprint density at radius 1 is 1.24 bits per heavy atom. The number of amides is 1. The van der Waals surface area contributed by atoms with Gasteiger partial charge in [-0.3, -0.25) is 4.79 Å². The minimum absolute atomic E-state index is 0.211. The zero-order valence-corrected chi connectivity index (χ0v) is 11.7. The van der Waals surface area contributed by atoms with E-state index in [9.17, 15) is 4.79 Å². The summed E-state index contributed by atoms with van der Waals surface area (Å²) < 4.78 is 10.5. The molecule has 1 aromatic rings. The first-order chi connectivity index (χ1) is 10.3. The van der Waals surface area contributed by atoms with Crippen molar-refractivity contribution in [3.8, 4) is 11.5 Å². The van der Waals surface area contributed by atoms with Gasteiger partial charge in [0.25, 0.3) is 5.91 Å². The van der Waals surface area contributed by atoms with Crippen molar-refractivity contribution in [2.24, 2.45) is 22.9 Å². The van der Waals surface area contributed by atoms with Crippen LogP contribution in [0, 0.1) is 17.8 Å². The lowest BCUT2D eigenvalue weighted by Crippen LogP contribution is -2.20. The normalized spacial score (nSPS) is 29.2. The Labute approximate surface area is 123 Å². The predicted octanol–water partition coefficient (Wildman–Crippen LogP) is 2.57. The molecule has 2 aliphatic carbocycles. The van der Waals surface area contributed by atoms with Crippen LogP contribution in [-0.4, -0.2) is 18.9 Å². The molecule has 2 fully saturated rings. The average Bonchev–Trinajstić information content (AvgIpc) is 3.22. The van der Waals surface area contributed by atoms with Gasteiger partial charge in [0.15, 0.2) is 11.5 Å². The third-order valence-electron chi connectivity index (χ3n) is 4.86. The van der Waals surface area contributed by atoms with E-state index in [2.05, 4.69) is 10.5 Å². The molecule has 1 aliphatic heterocycles. The summed E-state index contributed by atoms with van der Waals surface area (Å²) in [6.45, 7) is 0.211. The minimum Gasteiger partial charge on any atom is -0.454 e. The number of fused-ring (bicyclic) bond motifs is 3. The molecular formula is C16H18N2O3. The summed E-state index contributed by atoms with van der Waals surface area (Å²) in [6, 6.07) is 5.15. The summed E-state index contributed by atoms with van der Waals surface area (Å²) >= 11 is 0. The number of carbonyl (C=O) groups is 1. The number of ether oxygens (including phenoxy) is 2. The first-order valence-electron chi connectivity index (χ1n) is 7.53. The minimum atomic E-state index is -0.215. The molecule has 2 bridgehead atoms. The number of carbonyl (C=O) groups excluding carboxylic acids is 1. The first kappa shape index (κ1) is 12.7. The van der Waals surface area contributed by atoms with E-state index in [-0.39, 0.29) is 12.7 Å². The Hall–Kier alpha value is -2.04. The number of nitrogens with zero attached hydrogens (tertiary/aromatic N) is 1. The number of hydrogen-bond donors (Lipinski definition) is 1. The molecule has 0 spiro atoms. The highest BCUT2D eigenvalue weighted by Gasteiger charge is 2.38. The van der Waals surface area contributed by atoms with Crippen LogP contribution in [0.5, 0.6) is 11.5 Å². The van der Waals surface area contributed by atoms with Gasteiger partial charge in [0.1, 0.15) is 0 Å². The van der Waals surface area contributed by atoms with Crippen LogP contribution in [0.2, 0.25) is 0 Å². The smallest absolute Gasteiger partial charge is 0.271 e. The van der Waals surface area contributed by atoms with Gasteiger partial charge in [-0.1, -0.05) is 6.42 Å². The SMILES string of the molecule is O=C(N/N=C\[C@H]1C[C@@H]2CC[C@@H]1C2)c1ccc2c(c1)OCO2. The quantitative estimate of drug-likeness (QED) is 0.686. The zero-order chi connectivity index (χ0) is 14.2. The van der Waals surface area contributed by atoms with Crippen molar-refractivity contribution in [1.82, 2.24) is 5.43 Å². The summed E-state index contributed by atoms with van der Waals surface area (Å²) in [5.74, 6) is 3.28. The van der Waals surface area contributed by atoms with Crippen molar-refractivity contribution in [2.45, 2.75) is 25.7 Å². The molecule has 5 nitrogen and oxygen atoms in total. The van der Waals surface area contributed by atoms with E-state index in [1.54, 1.807) is 18.2 Å². The van der Waals surface area contributed by atoms with Crippen LogP contribution in [0.3, 0.4) is 0 Å². The zero-order valence-electron chi connectivity index (χ0n) is 11.7. The highest BCUT2D eigenvalue weighted by molar-refractivity contribution is 5.95. The van der Waals surface area contributed by atoms with E-state index in [1.807, 2.05) is 6.21 Å². The molecule has 5 heteroatoms. The summed E-state index contributed by atoms with van der Waals surface area (Å²) in [5.41, 5.74) is 3.14. The van der Waals surface area contributed by atoms with Crippen LogP contribution in [0.15, 0.2) is 23.3 Å². The lowest BCUT2D eigenvalue weighted by Gasteiger charge is -2.16. The Bertz CT molecular complexity index is 599. The molecule has 110 valence electrons. The molecule has 2 saturated carbocycles. The summed E-state index contributed by atoms with van der Waals surface area (Å²) in [5, 5.41) is 4.15. The molecule has 0 saturated heterocycles. The highest BCUT2D eigenvalue weighted by atomic mass is 16.7. The maximum Gasteiger partial charge on any atom is 0.271 e. The van der Waals surface area contributed by atoms with Gasteiger partial charge >= 0.3 is 0 Å². The van der Waals surface area contributed by atoms with E-state index in [1.165, 1.54) is 25.7 Å². The molecule has 1 N–H and O–H groups in total. The fraction of sp³-hybridized carbons (Fsp3) is 0.500. The van der Waals surface area contributed by atoms with E-state index in [0.717, 1.165) is 11.8 Å². The van der Waals surface area contributed by atoms with Crippen molar-refractivity contribution in [3.05, 3.63) is 23.8 Å². The van der Waals surface area contributed by atoms with Crippen LogP contribution in [0.4, 0.5) is 0 Å². The second kappa shape index (κ2) is 5.06. The molecule has 3 atom stereocenters. The van der Waals surface area contributed by atoms with Crippen molar-refractivity contribution < 1.29 is 14.3 Å².